The van der Waals surface area contributed by atoms with Gasteiger partial charge in [0.2, 0.25) is 6.10 Å². The van der Waals surface area contributed by atoms with Crippen molar-refractivity contribution < 1.29 is 32.2 Å². The molecule has 1 aliphatic heterocycles. The van der Waals surface area contributed by atoms with Crippen LogP contribution in [0.25, 0.3) is 0 Å². The molecule has 0 bridgehead atoms. The molecule has 0 aromatic heterocycles. The summed E-state index contributed by atoms with van der Waals surface area (Å²) in [6, 6.07) is 12.1. The van der Waals surface area contributed by atoms with Crippen LogP contribution in [0.15, 0.2) is 59.6 Å². The van der Waals surface area contributed by atoms with Crippen molar-refractivity contribution in [3.05, 3.63) is 71.5 Å². The largest absolute Gasteiger partial charge is 0.452 e. The topological polar surface area (TPSA) is 70.9 Å². The summed E-state index contributed by atoms with van der Waals surface area (Å²) in [4.78, 5) is 16.3. The van der Waals surface area contributed by atoms with Gasteiger partial charge in [0.1, 0.15) is 18.0 Å². The van der Waals surface area contributed by atoms with E-state index in [1.807, 2.05) is 0 Å². The van der Waals surface area contributed by atoms with Gasteiger partial charge in [-0.25, -0.2) is 13.8 Å². The summed E-state index contributed by atoms with van der Waals surface area (Å²) in [5.41, 5.74) is -2.24. The Balaban J connectivity index is 2.04. The van der Waals surface area contributed by atoms with Crippen molar-refractivity contribution in [3.8, 4) is 0 Å². The second-order valence-corrected chi connectivity index (χ2v) is 6.72. The molecule has 1 amide bonds. The third kappa shape index (κ3) is 3.95. The molecule has 3 atom stereocenters. The summed E-state index contributed by atoms with van der Waals surface area (Å²) >= 11 is 0. The van der Waals surface area contributed by atoms with Gasteiger partial charge in [-0.3, -0.25) is 10.1 Å². The molecule has 29 heavy (non-hydrogen) atoms. The highest BCUT2D eigenvalue weighted by Gasteiger charge is 2.57. The number of nitrogens with zero attached hydrogens (tertiary/aromatic N) is 1. The molecule has 0 spiro atoms. The number of amides is 1. The minimum atomic E-state index is -4.01. The van der Waals surface area contributed by atoms with Gasteiger partial charge in [0.25, 0.3) is 11.9 Å². The number of ether oxygens (including phenoxy) is 1. The van der Waals surface area contributed by atoms with Gasteiger partial charge in [-0.15, -0.1) is 0 Å². The molecule has 2 aromatic carbocycles. The lowest BCUT2D eigenvalue weighted by atomic mass is 9.82. The standard InChI is InChI=1S/C20H18F4N2O3/c1-19(13-9-5-6-10-14(13)21)15(22)16(20(23,24)11-27)29-18(26-19)25-17(28)12-7-3-2-4-8-12/h2-10,15-16,27H,11H2,1H3,(H,25,26,28)/t15-,16-,19+/m0/s1. The minimum absolute atomic E-state index is 0.180. The zero-order valence-corrected chi connectivity index (χ0v) is 15.3. The first-order chi connectivity index (χ1) is 13.7. The van der Waals surface area contributed by atoms with Crippen LogP contribution < -0.4 is 5.32 Å². The first kappa shape index (κ1) is 20.8. The van der Waals surface area contributed by atoms with E-state index < -0.39 is 48.1 Å². The quantitative estimate of drug-likeness (QED) is 0.761. The summed E-state index contributed by atoms with van der Waals surface area (Å²) < 4.78 is 62.9. The van der Waals surface area contributed by atoms with Gasteiger partial charge in [-0.05, 0) is 25.1 Å². The third-order valence-corrected chi connectivity index (χ3v) is 4.68. The van der Waals surface area contributed by atoms with Crippen LogP contribution in [0.3, 0.4) is 0 Å². The van der Waals surface area contributed by atoms with E-state index in [0.29, 0.717) is 0 Å². The second kappa shape index (κ2) is 7.82. The Morgan fingerprint density at radius 2 is 1.83 bits per heavy atom. The molecule has 1 heterocycles. The average Bonchev–Trinajstić information content (AvgIpc) is 2.71. The van der Waals surface area contributed by atoms with Gasteiger partial charge in [0, 0.05) is 11.1 Å². The summed E-state index contributed by atoms with van der Waals surface area (Å²) in [7, 11) is 0. The Morgan fingerprint density at radius 3 is 2.45 bits per heavy atom. The van der Waals surface area contributed by atoms with Crippen LogP contribution in [0.4, 0.5) is 17.6 Å². The van der Waals surface area contributed by atoms with Gasteiger partial charge in [0.05, 0.1) is 0 Å². The third-order valence-electron chi connectivity index (χ3n) is 4.68. The SMILES string of the molecule is C[C@]1(c2ccccc2F)N=C(NC(=O)c2ccccc2)O[C@H](C(F)(F)CO)[C@@H]1F. The highest BCUT2D eigenvalue weighted by molar-refractivity contribution is 6.04. The summed E-state index contributed by atoms with van der Waals surface area (Å²) in [5, 5.41) is 11.2. The number of amidine groups is 1. The molecular formula is C20H18F4N2O3. The number of carbonyl (C=O) groups excluding carboxylic acids is 1. The van der Waals surface area contributed by atoms with Gasteiger partial charge in [-0.2, -0.15) is 8.78 Å². The number of aliphatic hydroxyl groups is 1. The molecule has 1 aliphatic rings. The number of carbonyl (C=O) groups is 1. The molecule has 0 unspecified atom stereocenters. The number of aliphatic imine (C=N–C) groups is 1. The van der Waals surface area contributed by atoms with E-state index in [9.17, 15) is 18.0 Å². The van der Waals surface area contributed by atoms with E-state index >= 15 is 4.39 Å². The van der Waals surface area contributed by atoms with Crippen molar-refractivity contribution in [3.63, 3.8) is 0 Å². The lowest BCUT2D eigenvalue weighted by Crippen LogP contribution is -2.58. The number of halogens is 4. The Kier molecular flexibility index (Phi) is 5.61. The molecule has 0 saturated carbocycles. The zero-order chi connectivity index (χ0) is 21.2. The van der Waals surface area contributed by atoms with Crippen LogP contribution in [-0.2, 0) is 10.3 Å². The molecule has 2 aromatic rings. The van der Waals surface area contributed by atoms with Crippen molar-refractivity contribution >= 4 is 11.9 Å². The van der Waals surface area contributed by atoms with Crippen LogP contribution in [0, 0.1) is 5.82 Å². The summed E-state index contributed by atoms with van der Waals surface area (Å²) in [6.45, 7) is -0.584. The van der Waals surface area contributed by atoms with Crippen LogP contribution >= 0.6 is 0 Å². The number of nitrogens with one attached hydrogen (secondary N) is 1. The van der Waals surface area contributed by atoms with Crippen LogP contribution in [0.2, 0.25) is 0 Å². The highest BCUT2D eigenvalue weighted by atomic mass is 19.3. The lowest BCUT2D eigenvalue weighted by Gasteiger charge is -2.41. The van der Waals surface area contributed by atoms with E-state index in [1.54, 1.807) is 18.2 Å². The zero-order valence-electron chi connectivity index (χ0n) is 15.3. The Labute approximate surface area is 164 Å². The molecule has 3 rings (SSSR count). The minimum Gasteiger partial charge on any atom is -0.452 e. The number of alkyl halides is 3. The van der Waals surface area contributed by atoms with Gasteiger partial charge >= 0.3 is 5.92 Å². The number of hydrogen-bond acceptors (Lipinski definition) is 4. The molecule has 0 fully saturated rings. The van der Waals surface area contributed by atoms with Crippen molar-refractivity contribution in [1.29, 1.82) is 0 Å². The predicted octanol–water partition coefficient (Wildman–Crippen LogP) is 3.19. The maximum atomic E-state index is 15.2. The average molecular weight is 410 g/mol. The van der Waals surface area contributed by atoms with E-state index in [0.717, 1.165) is 13.0 Å². The molecule has 5 nitrogen and oxygen atoms in total. The number of hydrogen-bond donors (Lipinski definition) is 2. The van der Waals surface area contributed by atoms with E-state index in [4.69, 9.17) is 9.84 Å². The maximum absolute atomic E-state index is 15.2. The fourth-order valence-electron chi connectivity index (χ4n) is 3.06. The molecule has 0 radical (unpaired) electrons. The predicted molar refractivity (Wildman–Crippen MR) is 96.9 cm³/mol. The summed E-state index contributed by atoms with van der Waals surface area (Å²) in [5.74, 6) is -5.60. The lowest BCUT2D eigenvalue weighted by molar-refractivity contribution is -0.170. The smallest absolute Gasteiger partial charge is 0.309 e. The molecule has 9 heteroatoms. The molecule has 154 valence electrons. The monoisotopic (exact) mass is 410 g/mol. The molecular weight excluding hydrogens is 392 g/mol. The number of aliphatic hydroxyl groups excluding tert-OH is 1. The van der Waals surface area contributed by atoms with E-state index in [1.165, 1.54) is 30.3 Å². The van der Waals surface area contributed by atoms with Crippen LogP contribution in [0.5, 0.6) is 0 Å². The van der Waals surface area contributed by atoms with Crippen molar-refractivity contribution in [2.24, 2.45) is 4.99 Å². The number of rotatable bonds is 4. The Bertz CT molecular complexity index is 923. The first-order valence-corrected chi connectivity index (χ1v) is 8.69. The van der Waals surface area contributed by atoms with E-state index in [2.05, 4.69) is 10.3 Å². The summed E-state index contributed by atoms with van der Waals surface area (Å²) in [6.07, 6.45) is -5.01. The van der Waals surface area contributed by atoms with Crippen molar-refractivity contribution in [1.82, 2.24) is 5.32 Å². The van der Waals surface area contributed by atoms with Gasteiger partial charge in [-0.1, -0.05) is 36.4 Å². The van der Waals surface area contributed by atoms with Gasteiger partial charge < -0.3 is 9.84 Å². The van der Waals surface area contributed by atoms with Crippen LogP contribution in [0.1, 0.15) is 22.8 Å². The van der Waals surface area contributed by atoms with Gasteiger partial charge in [0.15, 0.2) is 6.17 Å². The van der Waals surface area contributed by atoms with Crippen LogP contribution in [-0.4, -0.2) is 41.8 Å². The molecule has 0 saturated heterocycles. The normalized spacial score (nSPS) is 24.4. The van der Waals surface area contributed by atoms with Crippen molar-refractivity contribution in [2.75, 3.05) is 6.61 Å². The van der Waals surface area contributed by atoms with Crippen molar-refractivity contribution in [2.45, 2.75) is 30.7 Å². The molecule has 0 aliphatic carbocycles. The number of benzene rings is 2. The fourth-order valence-corrected chi connectivity index (χ4v) is 3.06. The van der Waals surface area contributed by atoms with E-state index in [-0.39, 0.29) is 11.1 Å². The Morgan fingerprint density at radius 1 is 1.21 bits per heavy atom. The second-order valence-electron chi connectivity index (χ2n) is 6.72. The first-order valence-electron chi connectivity index (χ1n) is 8.69. The fraction of sp³-hybridized carbons (Fsp3) is 0.300. The maximum Gasteiger partial charge on any atom is 0.309 e. The Hall–Kier alpha value is -2.94. The molecule has 2 N–H and O–H groups in total. The highest BCUT2D eigenvalue weighted by Crippen LogP contribution is 2.42.